The summed E-state index contributed by atoms with van der Waals surface area (Å²) >= 11 is 0. The Labute approximate surface area is 112 Å². The average molecular weight is 252 g/mol. The lowest BCUT2D eigenvalue weighted by atomic mass is 10.1. The molecule has 1 unspecified atom stereocenters. The lowest BCUT2D eigenvalue weighted by Gasteiger charge is -1.97. The molecule has 2 heteroatoms. The maximum absolute atomic E-state index is 10.0. The summed E-state index contributed by atoms with van der Waals surface area (Å²) in [6, 6.07) is 9.52. The summed E-state index contributed by atoms with van der Waals surface area (Å²) < 4.78 is 0. The zero-order valence-electron chi connectivity index (χ0n) is 12.2. The summed E-state index contributed by atoms with van der Waals surface area (Å²) in [7, 11) is 0. The van der Waals surface area contributed by atoms with Gasteiger partial charge >= 0.3 is 0 Å². The second-order valence-corrected chi connectivity index (χ2v) is 3.90. The van der Waals surface area contributed by atoms with Gasteiger partial charge in [-0.1, -0.05) is 70.9 Å². The molecule has 1 N–H and O–H groups in total. The SMILES string of the molecule is CC.CCCCC(C)C=O.OCc1ccccc1. The number of carbonyl (C=O) groups is 1. The van der Waals surface area contributed by atoms with E-state index in [1.807, 2.05) is 51.1 Å². The maximum atomic E-state index is 10.0. The van der Waals surface area contributed by atoms with Crippen LogP contribution >= 0.6 is 0 Å². The molecule has 1 atom stereocenters. The number of hydrogen-bond acceptors (Lipinski definition) is 2. The van der Waals surface area contributed by atoms with Crippen molar-refractivity contribution in [1.82, 2.24) is 0 Å². The number of benzene rings is 1. The van der Waals surface area contributed by atoms with Crippen molar-refractivity contribution >= 4 is 6.29 Å². The molecule has 0 heterocycles. The summed E-state index contributed by atoms with van der Waals surface area (Å²) in [5.74, 6) is 0.273. The van der Waals surface area contributed by atoms with Crippen molar-refractivity contribution in [2.45, 2.75) is 53.6 Å². The fourth-order valence-corrected chi connectivity index (χ4v) is 1.18. The molecule has 0 aromatic heterocycles. The second-order valence-electron chi connectivity index (χ2n) is 3.90. The quantitative estimate of drug-likeness (QED) is 0.797. The molecule has 1 aromatic rings. The van der Waals surface area contributed by atoms with E-state index in [4.69, 9.17) is 5.11 Å². The van der Waals surface area contributed by atoms with Gasteiger partial charge in [0, 0.05) is 5.92 Å². The number of hydrogen-bond donors (Lipinski definition) is 1. The smallest absolute Gasteiger partial charge is 0.122 e. The van der Waals surface area contributed by atoms with Gasteiger partial charge in [-0.05, 0) is 12.0 Å². The van der Waals surface area contributed by atoms with Crippen LogP contribution in [0.25, 0.3) is 0 Å². The van der Waals surface area contributed by atoms with Gasteiger partial charge in [-0.2, -0.15) is 0 Å². The van der Waals surface area contributed by atoms with Crippen molar-refractivity contribution < 1.29 is 9.90 Å². The number of carbonyl (C=O) groups excluding carboxylic acids is 1. The lowest BCUT2D eigenvalue weighted by molar-refractivity contribution is -0.110. The molecule has 0 aliphatic rings. The first kappa shape index (κ1) is 19.2. The van der Waals surface area contributed by atoms with Crippen molar-refractivity contribution in [2.75, 3.05) is 0 Å². The van der Waals surface area contributed by atoms with Gasteiger partial charge < -0.3 is 9.90 Å². The number of aldehydes is 1. The summed E-state index contributed by atoms with van der Waals surface area (Å²) in [6.45, 7) is 8.24. The van der Waals surface area contributed by atoms with Crippen LogP contribution < -0.4 is 0 Å². The largest absolute Gasteiger partial charge is 0.392 e. The Bertz CT molecular complexity index is 257. The van der Waals surface area contributed by atoms with E-state index in [2.05, 4.69) is 6.92 Å². The Kier molecular flexibility index (Phi) is 16.9. The van der Waals surface area contributed by atoms with Crippen LogP contribution in [0.5, 0.6) is 0 Å². The van der Waals surface area contributed by atoms with Crippen LogP contribution in [-0.4, -0.2) is 11.4 Å². The minimum Gasteiger partial charge on any atom is -0.392 e. The third-order valence-electron chi connectivity index (χ3n) is 2.27. The average Bonchev–Trinajstić information content (AvgIpc) is 2.48. The molecular weight excluding hydrogens is 224 g/mol. The van der Waals surface area contributed by atoms with Crippen LogP contribution in [0.3, 0.4) is 0 Å². The fraction of sp³-hybridized carbons (Fsp3) is 0.562. The van der Waals surface area contributed by atoms with E-state index in [-0.39, 0.29) is 12.5 Å². The Morgan fingerprint density at radius 1 is 1.22 bits per heavy atom. The van der Waals surface area contributed by atoms with Crippen molar-refractivity contribution in [3.8, 4) is 0 Å². The van der Waals surface area contributed by atoms with E-state index < -0.39 is 0 Å². The van der Waals surface area contributed by atoms with E-state index in [1.54, 1.807) is 0 Å². The number of rotatable bonds is 5. The highest BCUT2D eigenvalue weighted by molar-refractivity contribution is 5.52. The molecule has 104 valence electrons. The van der Waals surface area contributed by atoms with Crippen LogP contribution in [-0.2, 0) is 11.4 Å². The molecule has 2 nitrogen and oxygen atoms in total. The highest BCUT2D eigenvalue weighted by Crippen LogP contribution is 2.03. The summed E-state index contributed by atoms with van der Waals surface area (Å²) in [5.41, 5.74) is 0.965. The van der Waals surface area contributed by atoms with Crippen molar-refractivity contribution in [3.63, 3.8) is 0 Å². The maximum Gasteiger partial charge on any atom is 0.122 e. The Hall–Kier alpha value is -1.15. The molecule has 0 aliphatic heterocycles. The summed E-state index contributed by atoms with van der Waals surface area (Å²) in [6.07, 6.45) is 4.45. The van der Waals surface area contributed by atoms with Gasteiger partial charge in [-0.15, -0.1) is 0 Å². The number of unbranched alkanes of at least 4 members (excludes halogenated alkanes) is 1. The van der Waals surface area contributed by atoms with Crippen molar-refractivity contribution in [1.29, 1.82) is 0 Å². The number of aliphatic hydroxyl groups excluding tert-OH is 1. The van der Waals surface area contributed by atoms with Crippen LogP contribution in [0.4, 0.5) is 0 Å². The minimum absolute atomic E-state index is 0.140. The van der Waals surface area contributed by atoms with Gasteiger partial charge in [0.1, 0.15) is 6.29 Å². The monoisotopic (exact) mass is 252 g/mol. The van der Waals surface area contributed by atoms with E-state index >= 15 is 0 Å². The molecular formula is C16H28O2. The van der Waals surface area contributed by atoms with Crippen LogP contribution in [0.15, 0.2) is 30.3 Å². The van der Waals surface area contributed by atoms with Crippen molar-refractivity contribution in [2.24, 2.45) is 5.92 Å². The molecule has 18 heavy (non-hydrogen) atoms. The summed E-state index contributed by atoms with van der Waals surface area (Å²) in [5, 5.41) is 8.54. The van der Waals surface area contributed by atoms with Crippen LogP contribution in [0, 0.1) is 5.92 Å². The molecule has 0 saturated carbocycles. The standard InChI is InChI=1S/C7H8O.C7H14O.C2H6/c8-6-7-4-2-1-3-5-7;1-3-4-5-7(2)6-8;1-2/h1-5,8H,6H2;6-7H,3-5H2,1-2H3;1-2H3. The van der Waals surface area contributed by atoms with E-state index in [1.165, 1.54) is 12.8 Å². The first-order chi connectivity index (χ1) is 8.74. The third kappa shape index (κ3) is 12.9. The molecule has 0 spiro atoms. The molecule has 0 aliphatic carbocycles. The third-order valence-corrected chi connectivity index (χ3v) is 2.27. The lowest BCUT2D eigenvalue weighted by Crippen LogP contribution is -1.93. The van der Waals surface area contributed by atoms with Crippen LogP contribution in [0.1, 0.15) is 52.5 Å². The zero-order chi connectivity index (χ0) is 14.2. The second kappa shape index (κ2) is 15.9. The molecule has 0 amide bonds. The van der Waals surface area contributed by atoms with Gasteiger partial charge in [-0.3, -0.25) is 0 Å². The normalized spacial score (nSPS) is 10.3. The Balaban J connectivity index is 0. The highest BCUT2D eigenvalue weighted by atomic mass is 16.3. The fourth-order valence-electron chi connectivity index (χ4n) is 1.18. The first-order valence-corrected chi connectivity index (χ1v) is 6.84. The Morgan fingerprint density at radius 3 is 2.11 bits per heavy atom. The molecule has 0 saturated heterocycles. The Morgan fingerprint density at radius 2 is 1.78 bits per heavy atom. The number of aliphatic hydroxyl groups is 1. The molecule has 0 fully saturated rings. The van der Waals surface area contributed by atoms with Gasteiger partial charge in [0.05, 0.1) is 6.61 Å². The molecule has 1 rings (SSSR count). The van der Waals surface area contributed by atoms with Gasteiger partial charge in [0.25, 0.3) is 0 Å². The van der Waals surface area contributed by atoms with Gasteiger partial charge in [-0.25, -0.2) is 0 Å². The highest BCUT2D eigenvalue weighted by Gasteiger charge is 1.95. The van der Waals surface area contributed by atoms with E-state index in [0.29, 0.717) is 0 Å². The zero-order valence-corrected chi connectivity index (χ0v) is 12.2. The topological polar surface area (TPSA) is 37.3 Å². The minimum atomic E-state index is 0.140. The van der Waals surface area contributed by atoms with E-state index in [0.717, 1.165) is 18.3 Å². The van der Waals surface area contributed by atoms with Gasteiger partial charge in [0.15, 0.2) is 0 Å². The molecule has 0 bridgehead atoms. The molecule has 1 aromatic carbocycles. The predicted octanol–water partition coefficient (Wildman–Crippen LogP) is 4.22. The van der Waals surface area contributed by atoms with Crippen LogP contribution in [0.2, 0.25) is 0 Å². The summed E-state index contributed by atoms with van der Waals surface area (Å²) in [4.78, 5) is 10.0. The first-order valence-electron chi connectivity index (χ1n) is 6.84. The molecule has 0 radical (unpaired) electrons. The predicted molar refractivity (Wildman–Crippen MR) is 78.5 cm³/mol. The van der Waals surface area contributed by atoms with E-state index in [9.17, 15) is 4.79 Å². The van der Waals surface area contributed by atoms with Gasteiger partial charge in [0.2, 0.25) is 0 Å². The van der Waals surface area contributed by atoms with Crippen molar-refractivity contribution in [3.05, 3.63) is 35.9 Å².